The van der Waals surface area contributed by atoms with Gasteiger partial charge in [-0.05, 0) is 34.1 Å². The number of nitrogens with one attached hydrogen (secondary N) is 1. The molecule has 0 atom stereocenters. The molecular formula is C9H10BrClN2O. The number of benzene rings is 1. The van der Waals surface area contributed by atoms with Gasteiger partial charge in [0.25, 0.3) is 0 Å². The number of anilines is 1. The predicted octanol–water partition coefficient (Wildman–Crippen LogP) is 3.20. The van der Waals surface area contributed by atoms with Gasteiger partial charge in [0, 0.05) is 24.3 Å². The van der Waals surface area contributed by atoms with Crippen LogP contribution in [0.25, 0.3) is 0 Å². The normalized spacial score (nSPS) is 9.71. The van der Waals surface area contributed by atoms with E-state index in [1.54, 1.807) is 32.3 Å². The molecule has 0 saturated heterocycles. The summed E-state index contributed by atoms with van der Waals surface area (Å²) in [6.45, 7) is 0. The van der Waals surface area contributed by atoms with Crippen LogP contribution in [-0.4, -0.2) is 25.0 Å². The van der Waals surface area contributed by atoms with Crippen molar-refractivity contribution in [1.29, 1.82) is 0 Å². The van der Waals surface area contributed by atoms with Crippen molar-refractivity contribution in [2.45, 2.75) is 0 Å². The first-order chi connectivity index (χ1) is 6.50. The molecule has 0 aliphatic carbocycles. The summed E-state index contributed by atoms with van der Waals surface area (Å²) in [5.74, 6) is 0. The van der Waals surface area contributed by atoms with Gasteiger partial charge in [0.1, 0.15) is 0 Å². The van der Waals surface area contributed by atoms with E-state index < -0.39 is 0 Å². The number of hydrogen-bond acceptors (Lipinski definition) is 1. The van der Waals surface area contributed by atoms with Gasteiger partial charge in [-0.2, -0.15) is 0 Å². The Labute approximate surface area is 96.2 Å². The first-order valence-electron chi connectivity index (χ1n) is 3.94. The van der Waals surface area contributed by atoms with Gasteiger partial charge in [0.2, 0.25) is 0 Å². The molecule has 0 fully saturated rings. The molecule has 0 saturated carbocycles. The third kappa shape index (κ3) is 2.89. The van der Waals surface area contributed by atoms with Crippen LogP contribution >= 0.6 is 27.5 Å². The fraction of sp³-hybridized carbons (Fsp3) is 0.222. The molecule has 0 bridgehead atoms. The zero-order chi connectivity index (χ0) is 10.7. The summed E-state index contributed by atoms with van der Waals surface area (Å²) in [7, 11) is 3.35. The molecule has 0 aromatic heterocycles. The monoisotopic (exact) mass is 276 g/mol. The minimum atomic E-state index is -0.177. The number of carbonyl (C=O) groups is 1. The van der Waals surface area contributed by atoms with E-state index in [4.69, 9.17) is 11.6 Å². The summed E-state index contributed by atoms with van der Waals surface area (Å²) < 4.78 is 0.807. The van der Waals surface area contributed by atoms with Crippen LogP contribution in [0.1, 0.15) is 0 Å². The Kier molecular flexibility index (Phi) is 3.77. The molecule has 0 aliphatic heterocycles. The highest BCUT2D eigenvalue weighted by Gasteiger charge is 2.04. The minimum absolute atomic E-state index is 0.177. The van der Waals surface area contributed by atoms with E-state index in [2.05, 4.69) is 21.2 Å². The van der Waals surface area contributed by atoms with Crippen molar-refractivity contribution in [3.05, 3.63) is 27.7 Å². The number of carbonyl (C=O) groups excluding carboxylic acids is 1. The zero-order valence-corrected chi connectivity index (χ0v) is 10.2. The molecule has 1 rings (SSSR count). The number of halogens is 2. The van der Waals surface area contributed by atoms with Crippen molar-refractivity contribution in [3.63, 3.8) is 0 Å². The zero-order valence-electron chi connectivity index (χ0n) is 7.84. The highest BCUT2D eigenvalue weighted by Crippen LogP contribution is 2.25. The van der Waals surface area contributed by atoms with Gasteiger partial charge in [-0.15, -0.1) is 0 Å². The summed E-state index contributed by atoms with van der Waals surface area (Å²) in [4.78, 5) is 12.7. The summed E-state index contributed by atoms with van der Waals surface area (Å²) in [6, 6.07) is 5.07. The topological polar surface area (TPSA) is 32.3 Å². The quantitative estimate of drug-likeness (QED) is 0.840. The van der Waals surface area contributed by atoms with Crippen LogP contribution in [0.4, 0.5) is 10.5 Å². The van der Waals surface area contributed by atoms with Crippen LogP contribution in [-0.2, 0) is 0 Å². The molecule has 0 heterocycles. The molecular weight excluding hydrogens is 267 g/mol. The lowest BCUT2D eigenvalue weighted by molar-refractivity contribution is 0.230. The fourth-order valence-electron chi connectivity index (χ4n) is 0.809. The Bertz CT molecular complexity index is 355. The molecule has 14 heavy (non-hydrogen) atoms. The largest absolute Gasteiger partial charge is 0.331 e. The maximum absolute atomic E-state index is 11.3. The van der Waals surface area contributed by atoms with E-state index in [1.165, 1.54) is 4.90 Å². The van der Waals surface area contributed by atoms with Gasteiger partial charge >= 0.3 is 6.03 Å². The van der Waals surface area contributed by atoms with E-state index >= 15 is 0 Å². The Morgan fingerprint density at radius 1 is 1.50 bits per heavy atom. The third-order valence-electron chi connectivity index (χ3n) is 1.58. The van der Waals surface area contributed by atoms with Crippen LogP contribution in [0, 0.1) is 0 Å². The standard InChI is InChI=1S/C9H10BrClN2O/c1-13(2)9(14)12-6-3-4-7(10)8(11)5-6/h3-5H,1-2H3,(H,12,14). The first kappa shape index (κ1) is 11.3. The van der Waals surface area contributed by atoms with E-state index in [0.29, 0.717) is 10.7 Å². The van der Waals surface area contributed by atoms with Crippen LogP contribution in [0.3, 0.4) is 0 Å². The molecule has 1 aromatic rings. The van der Waals surface area contributed by atoms with Crippen LogP contribution in [0.15, 0.2) is 22.7 Å². The lowest BCUT2D eigenvalue weighted by atomic mass is 10.3. The predicted molar refractivity (Wildman–Crippen MR) is 61.9 cm³/mol. The summed E-state index contributed by atoms with van der Waals surface area (Å²) in [5, 5.41) is 3.26. The minimum Gasteiger partial charge on any atom is -0.331 e. The van der Waals surface area contributed by atoms with Gasteiger partial charge in [-0.25, -0.2) is 4.79 Å². The second-order valence-electron chi connectivity index (χ2n) is 2.95. The second kappa shape index (κ2) is 4.66. The maximum Gasteiger partial charge on any atom is 0.321 e. The first-order valence-corrected chi connectivity index (χ1v) is 5.11. The lowest BCUT2D eigenvalue weighted by Gasteiger charge is -2.12. The van der Waals surface area contributed by atoms with E-state index in [1.807, 2.05) is 0 Å². The Morgan fingerprint density at radius 2 is 2.14 bits per heavy atom. The van der Waals surface area contributed by atoms with E-state index in [0.717, 1.165) is 4.47 Å². The second-order valence-corrected chi connectivity index (χ2v) is 4.22. The Balaban J connectivity index is 2.78. The van der Waals surface area contributed by atoms with Crippen LogP contribution < -0.4 is 5.32 Å². The molecule has 0 radical (unpaired) electrons. The van der Waals surface area contributed by atoms with E-state index in [9.17, 15) is 4.79 Å². The van der Waals surface area contributed by atoms with Crippen molar-refractivity contribution < 1.29 is 4.79 Å². The van der Waals surface area contributed by atoms with Crippen molar-refractivity contribution >= 4 is 39.2 Å². The summed E-state index contributed by atoms with van der Waals surface area (Å²) in [5.41, 5.74) is 0.678. The smallest absolute Gasteiger partial charge is 0.321 e. The number of urea groups is 1. The van der Waals surface area contributed by atoms with Crippen LogP contribution in [0.5, 0.6) is 0 Å². The average Bonchev–Trinajstić information content (AvgIpc) is 2.11. The molecule has 1 aromatic carbocycles. The molecule has 0 spiro atoms. The van der Waals surface area contributed by atoms with Crippen molar-refractivity contribution in [2.24, 2.45) is 0 Å². The molecule has 5 heteroatoms. The van der Waals surface area contributed by atoms with Crippen molar-refractivity contribution in [1.82, 2.24) is 4.90 Å². The molecule has 3 nitrogen and oxygen atoms in total. The average molecular weight is 278 g/mol. The van der Waals surface area contributed by atoms with Crippen LogP contribution in [0.2, 0.25) is 5.02 Å². The molecule has 1 N–H and O–H groups in total. The fourth-order valence-corrected chi connectivity index (χ4v) is 1.24. The Morgan fingerprint density at radius 3 is 2.64 bits per heavy atom. The van der Waals surface area contributed by atoms with Gasteiger partial charge in [0.15, 0.2) is 0 Å². The number of hydrogen-bond donors (Lipinski definition) is 1. The highest BCUT2D eigenvalue weighted by atomic mass is 79.9. The number of nitrogens with zero attached hydrogens (tertiary/aromatic N) is 1. The Hall–Kier alpha value is -0.740. The van der Waals surface area contributed by atoms with Gasteiger partial charge in [0.05, 0.1) is 5.02 Å². The number of rotatable bonds is 1. The molecule has 76 valence electrons. The summed E-state index contributed by atoms with van der Waals surface area (Å²) in [6.07, 6.45) is 0. The summed E-state index contributed by atoms with van der Waals surface area (Å²) >= 11 is 9.13. The van der Waals surface area contributed by atoms with Crippen molar-refractivity contribution in [3.8, 4) is 0 Å². The van der Waals surface area contributed by atoms with E-state index in [-0.39, 0.29) is 6.03 Å². The molecule has 2 amide bonds. The lowest BCUT2D eigenvalue weighted by Crippen LogP contribution is -2.27. The molecule has 0 unspecified atom stereocenters. The number of amides is 2. The SMILES string of the molecule is CN(C)C(=O)Nc1ccc(Br)c(Cl)c1. The third-order valence-corrected chi connectivity index (χ3v) is 2.81. The maximum atomic E-state index is 11.3. The highest BCUT2D eigenvalue weighted by molar-refractivity contribution is 9.10. The van der Waals surface area contributed by atoms with Gasteiger partial charge in [-0.3, -0.25) is 0 Å². The van der Waals surface area contributed by atoms with Gasteiger partial charge in [-0.1, -0.05) is 11.6 Å². The molecule has 0 aliphatic rings. The van der Waals surface area contributed by atoms with Gasteiger partial charge < -0.3 is 10.2 Å². The van der Waals surface area contributed by atoms with Crippen molar-refractivity contribution in [2.75, 3.05) is 19.4 Å².